The van der Waals surface area contributed by atoms with E-state index in [9.17, 15) is 4.79 Å². The highest BCUT2D eigenvalue weighted by Crippen LogP contribution is 2.13. The first kappa shape index (κ1) is 11.8. The summed E-state index contributed by atoms with van der Waals surface area (Å²) < 4.78 is 4.59. The van der Waals surface area contributed by atoms with Crippen molar-refractivity contribution in [2.75, 3.05) is 25.5 Å². The van der Waals surface area contributed by atoms with Crippen LogP contribution in [0.2, 0.25) is 0 Å². The molecule has 1 atom stereocenters. The topological polar surface area (TPSA) is 76.1 Å². The lowest BCUT2D eigenvalue weighted by atomic mass is 10.2. The molecule has 1 aliphatic heterocycles. The summed E-state index contributed by atoms with van der Waals surface area (Å²) in [5.74, 6) is 0.265. The predicted octanol–water partition coefficient (Wildman–Crippen LogP) is 0.345. The molecule has 0 saturated carbocycles. The van der Waals surface area contributed by atoms with Gasteiger partial charge in [-0.2, -0.15) is 0 Å². The van der Waals surface area contributed by atoms with Crippen LogP contribution in [0.4, 0.5) is 5.82 Å². The molecule has 1 aliphatic rings. The second-order valence-corrected chi connectivity index (χ2v) is 4.01. The first-order valence-electron chi connectivity index (χ1n) is 5.60. The van der Waals surface area contributed by atoms with Crippen molar-refractivity contribution in [2.24, 2.45) is 0 Å². The van der Waals surface area contributed by atoms with Crippen molar-refractivity contribution in [3.8, 4) is 0 Å². The number of anilines is 1. The van der Waals surface area contributed by atoms with Crippen molar-refractivity contribution < 1.29 is 9.53 Å². The van der Waals surface area contributed by atoms with Gasteiger partial charge in [-0.3, -0.25) is 0 Å². The monoisotopic (exact) mass is 236 g/mol. The largest absolute Gasteiger partial charge is 0.464 e. The molecule has 0 radical (unpaired) electrons. The van der Waals surface area contributed by atoms with Crippen molar-refractivity contribution in [2.45, 2.75) is 19.4 Å². The van der Waals surface area contributed by atoms with Crippen LogP contribution in [0.15, 0.2) is 6.20 Å². The lowest BCUT2D eigenvalue weighted by Crippen LogP contribution is -2.23. The Morgan fingerprint density at radius 3 is 3.06 bits per heavy atom. The van der Waals surface area contributed by atoms with Crippen molar-refractivity contribution in [1.29, 1.82) is 0 Å². The molecule has 2 N–H and O–H groups in total. The van der Waals surface area contributed by atoms with E-state index < -0.39 is 5.97 Å². The average Bonchev–Trinajstić information content (AvgIpc) is 2.83. The number of ether oxygens (including phenoxy) is 1. The molecule has 2 heterocycles. The Labute approximate surface area is 99.8 Å². The first-order chi connectivity index (χ1) is 8.20. The molecule has 0 spiro atoms. The molecule has 0 aromatic carbocycles. The minimum Gasteiger partial charge on any atom is -0.464 e. The Morgan fingerprint density at radius 1 is 1.65 bits per heavy atom. The van der Waals surface area contributed by atoms with E-state index in [2.05, 4.69) is 25.3 Å². The molecule has 1 aromatic heterocycles. The second-order valence-electron chi connectivity index (χ2n) is 4.01. The second kappa shape index (κ2) is 5.09. The summed E-state index contributed by atoms with van der Waals surface area (Å²) in [7, 11) is 1.33. The van der Waals surface area contributed by atoms with E-state index >= 15 is 0 Å². The number of rotatable bonds is 3. The number of aryl methyl sites for hydroxylation is 1. The summed E-state index contributed by atoms with van der Waals surface area (Å²) in [6.45, 7) is 3.77. The van der Waals surface area contributed by atoms with Crippen LogP contribution in [0.5, 0.6) is 0 Å². The molecule has 1 saturated heterocycles. The Hall–Kier alpha value is -1.69. The number of aromatic nitrogens is 2. The number of hydrogen-bond acceptors (Lipinski definition) is 6. The third-order valence-electron chi connectivity index (χ3n) is 2.74. The van der Waals surface area contributed by atoms with Crippen molar-refractivity contribution in [3.63, 3.8) is 0 Å². The Kier molecular flexibility index (Phi) is 3.53. The van der Waals surface area contributed by atoms with Crippen LogP contribution >= 0.6 is 0 Å². The van der Waals surface area contributed by atoms with Crippen LogP contribution in [-0.2, 0) is 4.74 Å². The summed E-state index contributed by atoms with van der Waals surface area (Å²) in [4.78, 5) is 19.6. The van der Waals surface area contributed by atoms with Crippen LogP contribution in [0.3, 0.4) is 0 Å². The minimum atomic E-state index is -0.463. The number of esters is 1. The molecule has 6 nitrogen and oxygen atoms in total. The van der Waals surface area contributed by atoms with E-state index in [1.165, 1.54) is 13.3 Å². The van der Waals surface area contributed by atoms with Crippen LogP contribution < -0.4 is 10.6 Å². The number of carbonyl (C=O) groups is 1. The zero-order chi connectivity index (χ0) is 12.3. The average molecular weight is 236 g/mol. The number of hydrogen-bond donors (Lipinski definition) is 2. The molecule has 1 fully saturated rings. The fourth-order valence-electron chi connectivity index (χ4n) is 1.80. The quantitative estimate of drug-likeness (QED) is 0.737. The van der Waals surface area contributed by atoms with Gasteiger partial charge >= 0.3 is 5.97 Å². The summed E-state index contributed by atoms with van der Waals surface area (Å²) in [5.41, 5.74) is 0.944. The molecule has 0 aliphatic carbocycles. The highest BCUT2D eigenvalue weighted by Gasteiger charge is 2.17. The van der Waals surface area contributed by atoms with Gasteiger partial charge in [-0.1, -0.05) is 0 Å². The van der Waals surface area contributed by atoms with Gasteiger partial charge in [0, 0.05) is 12.6 Å². The van der Waals surface area contributed by atoms with Crippen LogP contribution in [0, 0.1) is 6.92 Å². The molecule has 92 valence electrons. The van der Waals surface area contributed by atoms with Gasteiger partial charge in [0.25, 0.3) is 0 Å². The smallest absolute Gasteiger partial charge is 0.358 e. The van der Waals surface area contributed by atoms with E-state index in [-0.39, 0.29) is 5.69 Å². The van der Waals surface area contributed by atoms with Crippen LogP contribution in [0.1, 0.15) is 22.6 Å². The van der Waals surface area contributed by atoms with Gasteiger partial charge in [0.15, 0.2) is 5.69 Å². The minimum absolute atomic E-state index is 0.236. The summed E-state index contributed by atoms with van der Waals surface area (Å²) in [6, 6.07) is 0.381. The third-order valence-corrected chi connectivity index (χ3v) is 2.74. The van der Waals surface area contributed by atoms with E-state index in [0.29, 0.717) is 11.7 Å². The maximum absolute atomic E-state index is 11.3. The van der Waals surface area contributed by atoms with E-state index in [0.717, 1.165) is 25.3 Å². The van der Waals surface area contributed by atoms with E-state index in [1.54, 1.807) is 0 Å². The van der Waals surface area contributed by atoms with E-state index in [4.69, 9.17) is 0 Å². The van der Waals surface area contributed by atoms with E-state index in [1.807, 2.05) is 6.92 Å². The van der Waals surface area contributed by atoms with Gasteiger partial charge in [0.1, 0.15) is 5.82 Å². The standard InChI is InChI=1S/C11H16N4O2/c1-7-10(15-8-3-4-12-5-8)13-6-9(14-7)11(16)17-2/h6,8,12H,3-5H2,1-2H3,(H,13,15). The summed E-state index contributed by atoms with van der Waals surface area (Å²) in [5, 5.41) is 6.57. The van der Waals surface area contributed by atoms with Crippen molar-refractivity contribution in [1.82, 2.24) is 15.3 Å². The lowest BCUT2D eigenvalue weighted by Gasteiger charge is -2.13. The van der Waals surface area contributed by atoms with Gasteiger partial charge in [-0.15, -0.1) is 0 Å². The molecule has 1 aromatic rings. The zero-order valence-corrected chi connectivity index (χ0v) is 9.99. The number of nitrogens with one attached hydrogen (secondary N) is 2. The Bertz CT molecular complexity index is 416. The van der Waals surface area contributed by atoms with Gasteiger partial charge in [0.2, 0.25) is 0 Å². The number of carbonyl (C=O) groups excluding carboxylic acids is 1. The lowest BCUT2D eigenvalue weighted by molar-refractivity contribution is 0.0593. The molecule has 6 heteroatoms. The van der Waals surface area contributed by atoms with Gasteiger partial charge in [-0.25, -0.2) is 14.8 Å². The SMILES string of the molecule is COC(=O)c1cnc(NC2CCNC2)c(C)n1. The summed E-state index contributed by atoms with van der Waals surface area (Å²) >= 11 is 0. The highest BCUT2D eigenvalue weighted by atomic mass is 16.5. The fraction of sp³-hybridized carbons (Fsp3) is 0.545. The maximum Gasteiger partial charge on any atom is 0.358 e. The molecule has 17 heavy (non-hydrogen) atoms. The van der Waals surface area contributed by atoms with Gasteiger partial charge < -0.3 is 15.4 Å². The van der Waals surface area contributed by atoms with Crippen LogP contribution in [0.25, 0.3) is 0 Å². The Morgan fingerprint density at radius 2 is 2.47 bits per heavy atom. The number of methoxy groups -OCH3 is 1. The van der Waals surface area contributed by atoms with Crippen molar-refractivity contribution >= 4 is 11.8 Å². The molecule has 1 unspecified atom stereocenters. The number of nitrogens with zero attached hydrogens (tertiary/aromatic N) is 2. The molecule has 0 bridgehead atoms. The van der Waals surface area contributed by atoms with Gasteiger partial charge in [-0.05, 0) is 19.9 Å². The van der Waals surface area contributed by atoms with Crippen molar-refractivity contribution in [3.05, 3.63) is 17.6 Å². The zero-order valence-electron chi connectivity index (χ0n) is 9.99. The fourth-order valence-corrected chi connectivity index (χ4v) is 1.80. The molecule has 2 rings (SSSR count). The molecule has 0 amide bonds. The first-order valence-corrected chi connectivity index (χ1v) is 5.60. The molecular formula is C11H16N4O2. The molecular weight excluding hydrogens is 220 g/mol. The third kappa shape index (κ3) is 2.71. The van der Waals surface area contributed by atoms with Gasteiger partial charge in [0.05, 0.1) is 19.0 Å². The Balaban J connectivity index is 2.10. The summed E-state index contributed by atoms with van der Waals surface area (Å²) in [6.07, 6.45) is 2.50. The highest BCUT2D eigenvalue weighted by molar-refractivity contribution is 5.86. The normalized spacial score (nSPS) is 19.1. The maximum atomic E-state index is 11.3. The van der Waals surface area contributed by atoms with Crippen LogP contribution in [-0.4, -0.2) is 42.2 Å². The predicted molar refractivity (Wildman–Crippen MR) is 63.0 cm³/mol.